The van der Waals surface area contributed by atoms with Crippen LogP contribution < -0.4 is 5.32 Å². The van der Waals surface area contributed by atoms with Gasteiger partial charge < -0.3 is 10.1 Å². The smallest absolute Gasteiger partial charge is 0.244 e. The minimum Gasteiger partial charge on any atom is -0.379 e. The maximum atomic E-state index is 12.2. The van der Waals surface area contributed by atoms with Crippen LogP contribution in [0.5, 0.6) is 0 Å². The van der Waals surface area contributed by atoms with E-state index in [2.05, 4.69) is 28.4 Å². The maximum absolute atomic E-state index is 12.2. The Hall–Kier alpha value is -2.17. The lowest BCUT2D eigenvalue weighted by molar-refractivity contribution is -0.117. The number of hydrogen-bond acceptors (Lipinski definition) is 3. The van der Waals surface area contributed by atoms with Crippen LogP contribution in [0, 0.1) is 0 Å². The summed E-state index contributed by atoms with van der Waals surface area (Å²) in [6.07, 6.45) is 3.51. The molecule has 0 saturated carbocycles. The highest BCUT2D eigenvalue weighted by Gasteiger charge is 2.14. The number of morpholine rings is 1. The molecule has 0 unspecified atom stereocenters. The second-order valence-corrected chi connectivity index (χ2v) is 6.22. The van der Waals surface area contributed by atoms with Gasteiger partial charge in [0.15, 0.2) is 0 Å². The molecule has 1 fully saturated rings. The van der Waals surface area contributed by atoms with Crippen molar-refractivity contribution >= 4 is 22.8 Å². The van der Waals surface area contributed by atoms with E-state index in [9.17, 15) is 4.79 Å². The van der Waals surface area contributed by atoms with E-state index in [0.717, 1.165) is 43.8 Å². The number of nitrogens with zero attached hydrogens (tertiary/aromatic N) is 1. The third-order valence-electron chi connectivity index (χ3n) is 4.26. The van der Waals surface area contributed by atoms with E-state index in [1.54, 1.807) is 6.08 Å². The van der Waals surface area contributed by atoms with Gasteiger partial charge in [-0.05, 0) is 29.3 Å². The van der Waals surface area contributed by atoms with Crippen molar-refractivity contribution in [2.24, 2.45) is 0 Å². The fourth-order valence-electron chi connectivity index (χ4n) is 3.07. The monoisotopic (exact) mass is 324 g/mol. The molecule has 3 rings (SSSR count). The van der Waals surface area contributed by atoms with Gasteiger partial charge in [0.1, 0.15) is 0 Å². The molecule has 1 aliphatic rings. The van der Waals surface area contributed by atoms with E-state index in [0.29, 0.717) is 0 Å². The molecule has 0 aromatic heterocycles. The Bertz CT molecular complexity index is 715. The summed E-state index contributed by atoms with van der Waals surface area (Å²) in [7, 11) is 0. The lowest BCUT2D eigenvalue weighted by Crippen LogP contribution is -2.45. The minimum absolute atomic E-state index is 0.0521. The normalized spacial score (nSPS) is 17.2. The van der Waals surface area contributed by atoms with Crippen molar-refractivity contribution < 1.29 is 9.53 Å². The molecule has 1 amide bonds. The van der Waals surface area contributed by atoms with Crippen LogP contribution in [0.3, 0.4) is 0 Å². The summed E-state index contributed by atoms with van der Waals surface area (Å²) in [6, 6.07) is 14.4. The van der Waals surface area contributed by atoms with Crippen LogP contribution >= 0.6 is 0 Å². The number of hydrogen-bond donors (Lipinski definition) is 1. The van der Waals surface area contributed by atoms with Crippen LogP contribution in [0.2, 0.25) is 0 Å². The molecule has 4 nitrogen and oxygen atoms in total. The number of rotatable bonds is 5. The highest BCUT2D eigenvalue weighted by molar-refractivity contribution is 5.96. The zero-order chi connectivity index (χ0) is 16.8. The molecule has 4 heteroatoms. The van der Waals surface area contributed by atoms with Gasteiger partial charge in [-0.2, -0.15) is 0 Å². The van der Waals surface area contributed by atoms with Gasteiger partial charge in [0.2, 0.25) is 5.91 Å². The lowest BCUT2D eigenvalue weighted by Gasteiger charge is -2.29. The van der Waals surface area contributed by atoms with Crippen LogP contribution in [-0.2, 0) is 9.53 Å². The van der Waals surface area contributed by atoms with Crippen molar-refractivity contribution in [2.45, 2.75) is 13.0 Å². The molecule has 0 aliphatic carbocycles. The first-order valence-electron chi connectivity index (χ1n) is 8.49. The third kappa shape index (κ3) is 4.43. The fourth-order valence-corrected chi connectivity index (χ4v) is 3.07. The number of carbonyl (C=O) groups excluding carboxylic acids is 1. The number of fused-ring (bicyclic) bond motifs is 1. The van der Waals surface area contributed by atoms with Gasteiger partial charge in [-0.1, -0.05) is 42.5 Å². The molecule has 1 heterocycles. The summed E-state index contributed by atoms with van der Waals surface area (Å²) in [6.45, 7) is 6.33. The summed E-state index contributed by atoms with van der Waals surface area (Å²) in [5.41, 5.74) is 1.06. The molecule has 0 radical (unpaired) electrons. The lowest BCUT2D eigenvalue weighted by atomic mass is 10.0. The van der Waals surface area contributed by atoms with E-state index in [-0.39, 0.29) is 11.9 Å². The van der Waals surface area contributed by atoms with Crippen molar-refractivity contribution in [3.05, 3.63) is 54.1 Å². The average molecular weight is 324 g/mol. The molecule has 1 atom stereocenters. The van der Waals surface area contributed by atoms with Crippen molar-refractivity contribution in [1.29, 1.82) is 0 Å². The Kier molecular flexibility index (Phi) is 5.62. The molecule has 1 aliphatic heterocycles. The van der Waals surface area contributed by atoms with Crippen molar-refractivity contribution in [2.75, 3.05) is 32.8 Å². The van der Waals surface area contributed by atoms with Gasteiger partial charge in [-0.25, -0.2) is 0 Å². The second kappa shape index (κ2) is 8.08. The van der Waals surface area contributed by atoms with Crippen LogP contribution in [0.1, 0.15) is 12.5 Å². The Balaban J connectivity index is 1.58. The van der Waals surface area contributed by atoms with Crippen LogP contribution in [0.4, 0.5) is 0 Å². The quantitative estimate of drug-likeness (QED) is 0.860. The van der Waals surface area contributed by atoms with Gasteiger partial charge >= 0.3 is 0 Å². The Morgan fingerprint density at radius 2 is 1.96 bits per heavy atom. The number of carbonyl (C=O) groups is 1. The van der Waals surface area contributed by atoms with Gasteiger partial charge in [0, 0.05) is 31.8 Å². The number of ether oxygens (including phenoxy) is 1. The molecule has 24 heavy (non-hydrogen) atoms. The summed E-state index contributed by atoms with van der Waals surface area (Å²) < 4.78 is 5.34. The Morgan fingerprint density at radius 3 is 2.79 bits per heavy atom. The number of benzene rings is 2. The largest absolute Gasteiger partial charge is 0.379 e. The first-order valence-corrected chi connectivity index (χ1v) is 8.49. The number of amides is 1. The summed E-state index contributed by atoms with van der Waals surface area (Å²) in [4.78, 5) is 14.5. The Morgan fingerprint density at radius 1 is 1.21 bits per heavy atom. The highest BCUT2D eigenvalue weighted by atomic mass is 16.5. The second-order valence-electron chi connectivity index (χ2n) is 6.22. The van der Waals surface area contributed by atoms with Crippen LogP contribution in [0.15, 0.2) is 48.5 Å². The van der Waals surface area contributed by atoms with Crippen molar-refractivity contribution in [3.8, 4) is 0 Å². The molecular formula is C20H24N2O2. The standard InChI is InChI=1S/C20H24N2O2/c1-16(15-22-11-13-24-14-12-22)21-20(23)10-9-18-7-4-6-17-5-2-3-8-19(17)18/h2-10,16H,11-15H2,1H3,(H,21,23)/b10-9+/t16-/m0/s1. The first-order chi connectivity index (χ1) is 11.7. The molecule has 2 aromatic carbocycles. The fraction of sp³-hybridized carbons (Fsp3) is 0.350. The average Bonchev–Trinajstić information content (AvgIpc) is 2.60. The molecule has 2 aromatic rings. The zero-order valence-electron chi connectivity index (χ0n) is 14.1. The summed E-state index contributed by atoms with van der Waals surface area (Å²) >= 11 is 0. The van der Waals surface area contributed by atoms with Gasteiger partial charge in [0.25, 0.3) is 0 Å². The molecular weight excluding hydrogens is 300 g/mol. The van der Waals surface area contributed by atoms with Crippen LogP contribution in [-0.4, -0.2) is 49.7 Å². The van der Waals surface area contributed by atoms with E-state index in [1.807, 2.05) is 37.3 Å². The van der Waals surface area contributed by atoms with E-state index in [1.165, 1.54) is 5.39 Å². The van der Waals surface area contributed by atoms with Crippen molar-refractivity contribution in [3.63, 3.8) is 0 Å². The Labute approximate surface area is 143 Å². The summed E-state index contributed by atoms with van der Waals surface area (Å²) in [5, 5.41) is 5.38. The SMILES string of the molecule is C[C@@H](CN1CCOCC1)NC(=O)/C=C/c1cccc2ccccc12. The van der Waals surface area contributed by atoms with E-state index >= 15 is 0 Å². The minimum atomic E-state index is -0.0521. The topological polar surface area (TPSA) is 41.6 Å². The zero-order valence-corrected chi connectivity index (χ0v) is 14.1. The highest BCUT2D eigenvalue weighted by Crippen LogP contribution is 2.19. The predicted molar refractivity (Wildman–Crippen MR) is 97.8 cm³/mol. The van der Waals surface area contributed by atoms with Crippen LogP contribution in [0.25, 0.3) is 16.8 Å². The first kappa shape index (κ1) is 16.7. The third-order valence-corrected chi connectivity index (χ3v) is 4.26. The van der Waals surface area contributed by atoms with Gasteiger partial charge in [-0.15, -0.1) is 0 Å². The van der Waals surface area contributed by atoms with Gasteiger partial charge in [0.05, 0.1) is 13.2 Å². The summed E-state index contributed by atoms with van der Waals surface area (Å²) in [5.74, 6) is -0.0521. The molecule has 0 bridgehead atoms. The molecule has 1 N–H and O–H groups in total. The number of nitrogens with one attached hydrogen (secondary N) is 1. The maximum Gasteiger partial charge on any atom is 0.244 e. The van der Waals surface area contributed by atoms with E-state index < -0.39 is 0 Å². The molecule has 126 valence electrons. The van der Waals surface area contributed by atoms with E-state index in [4.69, 9.17) is 4.74 Å². The molecule has 1 saturated heterocycles. The predicted octanol–water partition coefficient (Wildman–Crippen LogP) is 2.69. The molecule has 0 spiro atoms. The van der Waals surface area contributed by atoms with Crippen molar-refractivity contribution in [1.82, 2.24) is 10.2 Å². The van der Waals surface area contributed by atoms with Gasteiger partial charge in [-0.3, -0.25) is 9.69 Å².